The molecule has 3 heterocycles. The Morgan fingerprint density at radius 3 is 2.72 bits per heavy atom. The third kappa shape index (κ3) is 3.53. The minimum atomic E-state index is -0.0361. The number of allylic oxidation sites excluding steroid dienone is 1. The second-order valence-electron chi connectivity index (χ2n) is 6.00. The normalized spacial score (nSPS) is 12.7. The summed E-state index contributed by atoms with van der Waals surface area (Å²) in [6, 6.07) is 1.89. The zero-order valence-electron chi connectivity index (χ0n) is 14.8. The lowest BCUT2D eigenvalue weighted by Crippen LogP contribution is -2.02. The molecule has 0 aromatic carbocycles. The van der Waals surface area contributed by atoms with Gasteiger partial charge in [0.05, 0.1) is 17.1 Å². The van der Waals surface area contributed by atoms with Crippen molar-refractivity contribution in [3.63, 3.8) is 0 Å². The van der Waals surface area contributed by atoms with Crippen LogP contribution in [0.15, 0.2) is 39.1 Å². The molecule has 3 aromatic heterocycles. The van der Waals surface area contributed by atoms with E-state index in [1.54, 1.807) is 6.26 Å². The highest BCUT2D eigenvalue weighted by Gasteiger charge is 2.22. The van der Waals surface area contributed by atoms with Crippen LogP contribution in [-0.2, 0) is 6.54 Å². The number of thioether (sulfide) groups is 1. The molecule has 0 saturated carbocycles. The number of hydrogen-bond donors (Lipinski definition) is 0. The average Bonchev–Trinajstić information content (AvgIpc) is 3.28. The third-order valence-corrected chi connectivity index (χ3v) is 4.80. The van der Waals surface area contributed by atoms with Gasteiger partial charge in [0.2, 0.25) is 5.89 Å². The molecule has 25 heavy (non-hydrogen) atoms. The number of rotatable bonds is 7. The Balaban J connectivity index is 1.88. The molecule has 0 aliphatic heterocycles. The van der Waals surface area contributed by atoms with Crippen LogP contribution in [0.5, 0.6) is 0 Å². The maximum atomic E-state index is 5.39. The van der Waals surface area contributed by atoms with Crippen LogP contribution in [0.4, 0.5) is 0 Å². The van der Waals surface area contributed by atoms with Crippen molar-refractivity contribution in [2.75, 3.05) is 0 Å². The van der Waals surface area contributed by atoms with Crippen molar-refractivity contribution in [2.24, 2.45) is 0 Å². The molecule has 0 saturated heterocycles. The van der Waals surface area contributed by atoms with E-state index in [4.69, 9.17) is 8.94 Å². The molecule has 1 atom stereocenters. The van der Waals surface area contributed by atoms with E-state index in [9.17, 15) is 0 Å². The second kappa shape index (κ2) is 7.26. The molecular weight excluding hydrogens is 338 g/mol. The van der Waals surface area contributed by atoms with E-state index in [2.05, 4.69) is 26.9 Å². The van der Waals surface area contributed by atoms with E-state index in [-0.39, 0.29) is 11.2 Å². The zero-order valence-corrected chi connectivity index (χ0v) is 15.6. The predicted molar refractivity (Wildman–Crippen MR) is 95.3 cm³/mol. The van der Waals surface area contributed by atoms with E-state index < -0.39 is 0 Å². The van der Waals surface area contributed by atoms with E-state index in [1.165, 1.54) is 11.8 Å². The molecule has 3 rings (SSSR count). The molecule has 0 spiro atoms. The number of hydrogen-bond acceptors (Lipinski definition) is 7. The first kappa shape index (κ1) is 17.5. The summed E-state index contributed by atoms with van der Waals surface area (Å²) in [6.45, 7) is 12.4. The van der Waals surface area contributed by atoms with E-state index in [0.717, 1.165) is 22.3 Å². The van der Waals surface area contributed by atoms with Crippen LogP contribution >= 0.6 is 11.8 Å². The zero-order chi connectivity index (χ0) is 18.0. The molecule has 0 N–H and O–H groups in total. The van der Waals surface area contributed by atoms with Crippen LogP contribution in [-0.4, -0.2) is 24.9 Å². The summed E-state index contributed by atoms with van der Waals surface area (Å²) in [5.41, 5.74) is 0.925. The Bertz CT molecular complexity index is 864. The van der Waals surface area contributed by atoms with Gasteiger partial charge >= 0.3 is 0 Å². The lowest BCUT2D eigenvalue weighted by atomic mass is 10.2. The van der Waals surface area contributed by atoms with Gasteiger partial charge in [0.1, 0.15) is 5.76 Å². The largest absolute Gasteiger partial charge is 0.469 e. The van der Waals surface area contributed by atoms with Gasteiger partial charge in [-0.1, -0.05) is 36.8 Å². The van der Waals surface area contributed by atoms with Gasteiger partial charge in [0.25, 0.3) is 0 Å². The van der Waals surface area contributed by atoms with Crippen molar-refractivity contribution >= 4 is 11.8 Å². The Labute approximate surface area is 150 Å². The molecule has 3 aromatic rings. The van der Waals surface area contributed by atoms with Gasteiger partial charge < -0.3 is 8.94 Å². The first-order chi connectivity index (χ1) is 12.0. The average molecular weight is 359 g/mol. The van der Waals surface area contributed by atoms with Crippen molar-refractivity contribution in [3.8, 4) is 11.4 Å². The third-order valence-electron chi connectivity index (χ3n) is 3.73. The van der Waals surface area contributed by atoms with Crippen LogP contribution < -0.4 is 0 Å². The molecule has 0 fully saturated rings. The van der Waals surface area contributed by atoms with Crippen molar-refractivity contribution < 1.29 is 8.94 Å². The Morgan fingerprint density at radius 2 is 2.12 bits per heavy atom. The lowest BCUT2D eigenvalue weighted by molar-refractivity contribution is 0.373. The Kier molecular flexibility index (Phi) is 5.08. The summed E-state index contributed by atoms with van der Waals surface area (Å²) in [4.78, 5) is 4.46. The molecule has 0 bridgehead atoms. The van der Waals surface area contributed by atoms with Crippen molar-refractivity contribution in [2.45, 2.75) is 50.6 Å². The molecule has 0 aliphatic carbocycles. The highest BCUT2D eigenvalue weighted by Crippen LogP contribution is 2.35. The highest BCUT2D eigenvalue weighted by atomic mass is 32.2. The number of aryl methyl sites for hydroxylation is 1. The van der Waals surface area contributed by atoms with Gasteiger partial charge in [-0.15, -0.1) is 16.8 Å². The number of furan rings is 1. The van der Waals surface area contributed by atoms with E-state index in [1.807, 2.05) is 44.4 Å². The fraction of sp³-hybridized carbons (Fsp3) is 0.412. The SMILES string of the molecule is C=CCn1c(SC(C)c2nc(C(C)C)no2)nnc1-c1ccoc1C. The van der Waals surface area contributed by atoms with Gasteiger partial charge in [-0.2, -0.15) is 4.98 Å². The second-order valence-corrected chi connectivity index (χ2v) is 7.31. The topological polar surface area (TPSA) is 82.8 Å². The van der Waals surface area contributed by atoms with Crippen LogP contribution in [0, 0.1) is 6.92 Å². The van der Waals surface area contributed by atoms with Crippen LogP contribution in [0.25, 0.3) is 11.4 Å². The van der Waals surface area contributed by atoms with Crippen LogP contribution in [0.1, 0.15) is 49.4 Å². The molecule has 8 heteroatoms. The quantitative estimate of drug-likeness (QED) is 0.457. The molecule has 0 aliphatic rings. The molecular formula is C17H21N5O2S. The Morgan fingerprint density at radius 1 is 1.32 bits per heavy atom. The maximum Gasteiger partial charge on any atom is 0.239 e. The summed E-state index contributed by atoms with van der Waals surface area (Å²) in [6.07, 6.45) is 3.47. The maximum absolute atomic E-state index is 5.39. The fourth-order valence-electron chi connectivity index (χ4n) is 2.34. The van der Waals surface area contributed by atoms with E-state index in [0.29, 0.717) is 18.3 Å². The van der Waals surface area contributed by atoms with Crippen LogP contribution in [0.3, 0.4) is 0 Å². The molecule has 1 unspecified atom stereocenters. The van der Waals surface area contributed by atoms with Crippen molar-refractivity contribution in [3.05, 3.63) is 42.5 Å². The molecule has 0 radical (unpaired) electrons. The summed E-state index contributed by atoms with van der Waals surface area (Å²) >= 11 is 1.53. The highest BCUT2D eigenvalue weighted by molar-refractivity contribution is 7.99. The van der Waals surface area contributed by atoms with Crippen molar-refractivity contribution in [1.82, 2.24) is 24.9 Å². The smallest absolute Gasteiger partial charge is 0.239 e. The summed E-state index contributed by atoms with van der Waals surface area (Å²) in [7, 11) is 0. The van der Waals surface area contributed by atoms with Gasteiger partial charge in [-0.25, -0.2) is 0 Å². The molecule has 7 nitrogen and oxygen atoms in total. The van der Waals surface area contributed by atoms with Gasteiger partial charge in [0, 0.05) is 12.5 Å². The minimum absolute atomic E-state index is 0.0361. The van der Waals surface area contributed by atoms with Gasteiger partial charge in [0.15, 0.2) is 16.8 Å². The first-order valence-electron chi connectivity index (χ1n) is 8.10. The summed E-state index contributed by atoms with van der Waals surface area (Å²) in [5, 5.41) is 13.4. The standard InChI is InChI=1S/C17H21N5O2S/c1-6-8-22-15(13-7-9-23-11(13)4)19-20-17(22)25-12(5)16-18-14(10(2)3)21-24-16/h6-7,9-10,12H,1,8H2,2-5H3. The fourth-order valence-corrected chi connectivity index (χ4v) is 3.23. The van der Waals surface area contributed by atoms with E-state index >= 15 is 0 Å². The Hall–Kier alpha value is -2.35. The predicted octanol–water partition coefficient (Wildman–Crippen LogP) is 4.39. The monoisotopic (exact) mass is 359 g/mol. The lowest BCUT2D eigenvalue weighted by Gasteiger charge is -2.09. The van der Waals surface area contributed by atoms with Gasteiger partial charge in [-0.3, -0.25) is 4.57 Å². The van der Waals surface area contributed by atoms with Crippen molar-refractivity contribution in [1.29, 1.82) is 0 Å². The first-order valence-corrected chi connectivity index (χ1v) is 8.98. The number of nitrogens with zero attached hydrogens (tertiary/aromatic N) is 5. The minimum Gasteiger partial charge on any atom is -0.469 e. The van der Waals surface area contributed by atoms with Gasteiger partial charge in [-0.05, 0) is 19.9 Å². The molecule has 132 valence electrons. The number of aromatic nitrogens is 5. The molecule has 0 amide bonds. The summed E-state index contributed by atoms with van der Waals surface area (Å²) < 4.78 is 12.8. The summed E-state index contributed by atoms with van der Waals surface area (Å²) in [5.74, 6) is 3.09. The van der Waals surface area contributed by atoms with Crippen LogP contribution in [0.2, 0.25) is 0 Å².